The molecule has 0 saturated carbocycles. The van der Waals surface area contributed by atoms with Crippen LogP contribution < -0.4 is 0 Å². The highest BCUT2D eigenvalue weighted by molar-refractivity contribution is 5.21. The quantitative estimate of drug-likeness (QED) is 0.817. The van der Waals surface area contributed by atoms with Gasteiger partial charge in [0.05, 0.1) is 0 Å². The van der Waals surface area contributed by atoms with E-state index in [0.717, 1.165) is 6.04 Å². The standard InChI is InChI=1S/C18H29N3.2C2H6/c1-16-3-5-17(6-4-16)7-10-20-11-13-21(14-12-20)18-8-9-19(2)15-18;2*1-2/h3-6,18H,7-15H2,1-2H3;2*1-2H3. The van der Waals surface area contributed by atoms with Crippen LogP contribution in [-0.2, 0) is 6.42 Å². The first-order valence-electron chi connectivity index (χ1n) is 10.4. The van der Waals surface area contributed by atoms with Gasteiger partial charge in [-0.15, -0.1) is 0 Å². The Bertz CT molecular complexity index is 435. The van der Waals surface area contributed by atoms with Crippen molar-refractivity contribution in [2.24, 2.45) is 0 Å². The first kappa shape index (κ1) is 22.1. The molecule has 0 N–H and O–H groups in total. The molecule has 1 aromatic rings. The molecule has 1 aromatic carbocycles. The normalized spacial score (nSPS) is 21.9. The van der Waals surface area contributed by atoms with Gasteiger partial charge in [0.2, 0.25) is 0 Å². The molecular weight excluding hydrogens is 306 g/mol. The van der Waals surface area contributed by atoms with Gasteiger partial charge >= 0.3 is 0 Å². The Morgan fingerprint density at radius 1 is 0.880 bits per heavy atom. The molecule has 25 heavy (non-hydrogen) atoms. The third kappa shape index (κ3) is 7.47. The Morgan fingerprint density at radius 3 is 2.00 bits per heavy atom. The minimum absolute atomic E-state index is 0.814. The van der Waals surface area contributed by atoms with E-state index in [9.17, 15) is 0 Å². The molecule has 0 radical (unpaired) electrons. The Morgan fingerprint density at radius 2 is 1.48 bits per heavy atom. The lowest BCUT2D eigenvalue weighted by Crippen LogP contribution is -2.51. The van der Waals surface area contributed by atoms with Crippen LogP contribution in [0.4, 0.5) is 0 Å². The zero-order valence-electron chi connectivity index (χ0n) is 17.6. The van der Waals surface area contributed by atoms with Crippen molar-refractivity contribution in [3.8, 4) is 0 Å². The van der Waals surface area contributed by atoms with E-state index < -0.39 is 0 Å². The highest BCUT2D eigenvalue weighted by atomic mass is 15.3. The summed E-state index contributed by atoms with van der Waals surface area (Å²) in [5, 5.41) is 0. The molecule has 0 aromatic heterocycles. The van der Waals surface area contributed by atoms with Crippen LogP contribution in [0.2, 0.25) is 0 Å². The average molecular weight is 348 g/mol. The van der Waals surface area contributed by atoms with Crippen LogP contribution in [0.5, 0.6) is 0 Å². The van der Waals surface area contributed by atoms with Crippen molar-refractivity contribution >= 4 is 0 Å². The summed E-state index contributed by atoms with van der Waals surface area (Å²) in [5.74, 6) is 0. The number of likely N-dealkylation sites (N-methyl/N-ethyl adjacent to an activating group) is 1. The maximum atomic E-state index is 2.71. The second-order valence-corrected chi connectivity index (χ2v) is 6.82. The summed E-state index contributed by atoms with van der Waals surface area (Å²) < 4.78 is 0. The van der Waals surface area contributed by atoms with Crippen LogP contribution >= 0.6 is 0 Å². The van der Waals surface area contributed by atoms with Crippen LogP contribution in [0.3, 0.4) is 0 Å². The van der Waals surface area contributed by atoms with Gasteiger partial charge in [-0.05, 0) is 38.9 Å². The lowest BCUT2D eigenvalue weighted by molar-refractivity contribution is 0.0996. The Balaban J connectivity index is 0.000000730. The van der Waals surface area contributed by atoms with Crippen molar-refractivity contribution in [2.45, 2.75) is 53.5 Å². The highest BCUT2D eigenvalue weighted by Crippen LogP contribution is 2.16. The molecular formula is C22H41N3. The Kier molecular flexibility index (Phi) is 11.0. The van der Waals surface area contributed by atoms with E-state index in [-0.39, 0.29) is 0 Å². The molecule has 2 fully saturated rings. The minimum Gasteiger partial charge on any atom is -0.305 e. The van der Waals surface area contributed by atoms with Crippen LogP contribution in [-0.4, -0.2) is 73.6 Å². The van der Waals surface area contributed by atoms with Gasteiger partial charge in [0, 0.05) is 45.3 Å². The zero-order valence-corrected chi connectivity index (χ0v) is 17.6. The third-order valence-electron chi connectivity index (χ3n) is 5.13. The van der Waals surface area contributed by atoms with Crippen molar-refractivity contribution in [1.82, 2.24) is 14.7 Å². The number of hydrogen-bond donors (Lipinski definition) is 0. The molecule has 3 heteroatoms. The van der Waals surface area contributed by atoms with Gasteiger partial charge in [-0.25, -0.2) is 0 Å². The van der Waals surface area contributed by atoms with Gasteiger partial charge in [0.1, 0.15) is 0 Å². The molecule has 3 rings (SSSR count). The van der Waals surface area contributed by atoms with E-state index >= 15 is 0 Å². The Labute approximate surface area is 157 Å². The first-order valence-corrected chi connectivity index (χ1v) is 10.4. The second-order valence-electron chi connectivity index (χ2n) is 6.82. The SMILES string of the molecule is CC.CC.Cc1ccc(CCN2CCN(C3CCN(C)C3)CC2)cc1. The van der Waals surface area contributed by atoms with E-state index in [0.29, 0.717) is 0 Å². The number of likely N-dealkylation sites (tertiary alicyclic amines) is 1. The monoisotopic (exact) mass is 347 g/mol. The van der Waals surface area contributed by atoms with E-state index in [4.69, 9.17) is 0 Å². The summed E-state index contributed by atoms with van der Waals surface area (Å²) in [5.41, 5.74) is 2.83. The maximum absolute atomic E-state index is 2.71. The fourth-order valence-corrected chi connectivity index (χ4v) is 3.60. The topological polar surface area (TPSA) is 9.72 Å². The third-order valence-corrected chi connectivity index (χ3v) is 5.13. The molecule has 2 aliphatic heterocycles. The summed E-state index contributed by atoms with van der Waals surface area (Å²) in [6.07, 6.45) is 2.55. The fraction of sp³-hybridized carbons (Fsp3) is 0.727. The van der Waals surface area contributed by atoms with Crippen LogP contribution in [0.15, 0.2) is 24.3 Å². The van der Waals surface area contributed by atoms with Crippen molar-refractivity contribution in [3.63, 3.8) is 0 Å². The summed E-state index contributed by atoms with van der Waals surface area (Å²) in [6.45, 7) is 18.9. The van der Waals surface area contributed by atoms with E-state index in [2.05, 4.69) is 52.9 Å². The molecule has 1 atom stereocenters. The molecule has 0 spiro atoms. The molecule has 2 heterocycles. The molecule has 0 bridgehead atoms. The zero-order chi connectivity index (χ0) is 18.7. The molecule has 1 unspecified atom stereocenters. The van der Waals surface area contributed by atoms with Gasteiger partial charge < -0.3 is 9.80 Å². The minimum atomic E-state index is 0.814. The lowest BCUT2D eigenvalue weighted by Gasteiger charge is -2.38. The maximum Gasteiger partial charge on any atom is 0.0236 e. The molecule has 2 aliphatic rings. The largest absolute Gasteiger partial charge is 0.305 e. The summed E-state index contributed by atoms with van der Waals surface area (Å²) in [6, 6.07) is 9.82. The average Bonchev–Trinajstić information content (AvgIpc) is 3.11. The van der Waals surface area contributed by atoms with Crippen molar-refractivity contribution in [3.05, 3.63) is 35.4 Å². The smallest absolute Gasteiger partial charge is 0.0236 e. The van der Waals surface area contributed by atoms with Crippen LogP contribution in [0.25, 0.3) is 0 Å². The van der Waals surface area contributed by atoms with Gasteiger partial charge in [0.15, 0.2) is 0 Å². The number of benzene rings is 1. The number of rotatable bonds is 4. The highest BCUT2D eigenvalue weighted by Gasteiger charge is 2.28. The molecule has 144 valence electrons. The predicted octanol–water partition coefficient (Wildman–Crippen LogP) is 3.91. The number of nitrogens with zero attached hydrogens (tertiary/aromatic N) is 3. The first-order chi connectivity index (χ1) is 12.2. The van der Waals surface area contributed by atoms with Crippen LogP contribution in [0, 0.1) is 6.92 Å². The number of hydrogen-bond acceptors (Lipinski definition) is 3. The van der Waals surface area contributed by atoms with Crippen molar-refractivity contribution < 1.29 is 0 Å². The van der Waals surface area contributed by atoms with Gasteiger partial charge in [-0.3, -0.25) is 4.90 Å². The molecule has 2 saturated heterocycles. The summed E-state index contributed by atoms with van der Waals surface area (Å²) in [7, 11) is 2.25. The van der Waals surface area contributed by atoms with Crippen LogP contribution in [0.1, 0.15) is 45.2 Å². The summed E-state index contributed by atoms with van der Waals surface area (Å²) in [4.78, 5) is 7.81. The molecule has 0 amide bonds. The Hall–Kier alpha value is -0.900. The van der Waals surface area contributed by atoms with Crippen molar-refractivity contribution in [1.29, 1.82) is 0 Å². The van der Waals surface area contributed by atoms with E-state index in [1.807, 2.05) is 27.7 Å². The van der Waals surface area contributed by atoms with Gasteiger partial charge in [0.25, 0.3) is 0 Å². The second kappa shape index (κ2) is 12.5. The lowest BCUT2D eigenvalue weighted by atomic mass is 10.1. The molecule has 3 nitrogen and oxygen atoms in total. The number of aryl methyl sites for hydroxylation is 1. The van der Waals surface area contributed by atoms with Gasteiger partial charge in [-0.1, -0.05) is 57.5 Å². The van der Waals surface area contributed by atoms with Gasteiger partial charge in [-0.2, -0.15) is 0 Å². The van der Waals surface area contributed by atoms with Crippen molar-refractivity contribution in [2.75, 3.05) is 52.9 Å². The number of piperazine rings is 1. The van der Waals surface area contributed by atoms with E-state index in [1.165, 1.54) is 69.8 Å². The van der Waals surface area contributed by atoms with E-state index in [1.54, 1.807) is 0 Å². The summed E-state index contributed by atoms with van der Waals surface area (Å²) >= 11 is 0. The molecule has 0 aliphatic carbocycles. The predicted molar refractivity (Wildman–Crippen MR) is 111 cm³/mol. The fourth-order valence-electron chi connectivity index (χ4n) is 3.60.